The smallest absolute Gasteiger partial charge is 0.232 e. The van der Waals surface area contributed by atoms with Gasteiger partial charge in [-0.05, 0) is 12.8 Å². The van der Waals surface area contributed by atoms with Crippen LogP contribution < -0.4 is 10.6 Å². The molecule has 2 unspecified atom stereocenters. The number of hydrogen-bond acceptors (Lipinski definition) is 4. The third-order valence-corrected chi connectivity index (χ3v) is 3.04. The van der Waals surface area contributed by atoms with E-state index in [4.69, 9.17) is 0 Å². The van der Waals surface area contributed by atoms with Crippen molar-refractivity contribution in [3.63, 3.8) is 0 Å². The second kappa shape index (κ2) is 7.87. The van der Waals surface area contributed by atoms with Gasteiger partial charge in [-0.2, -0.15) is 25.3 Å². The molecule has 2 amide bonds. The van der Waals surface area contributed by atoms with Crippen LogP contribution in [0.2, 0.25) is 0 Å². The summed E-state index contributed by atoms with van der Waals surface area (Å²) >= 11 is 8.29. The third-order valence-electron chi connectivity index (χ3n) is 2.05. The summed E-state index contributed by atoms with van der Waals surface area (Å²) in [6.45, 7) is 0. The van der Waals surface area contributed by atoms with Crippen molar-refractivity contribution in [1.29, 1.82) is 0 Å². The molecule has 0 aromatic heterocycles. The minimum atomic E-state index is -0.305. The normalized spacial score (nSPS) is 14.1. The molecule has 0 fully saturated rings. The number of hydrogen-bond donors (Lipinski definition) is 4. The molecule has 0 aliphatic carbocycles. The van der Waals surface area contributed by atoms with Crippen molar-refractivity contribution in [3.05, 3.63) is 0 Å². The molecule has 0 aliphatic rings. The minimum Gasteiger partial charge on any atom is -0.358 e. The van der Waals surface area contributed by atoms with Gasteiger partial charge in [-0.15, -0.1) is 0 Å². The quantitative estimate of drug-likeness (QED) is 0.511. The van der Waals surface area contributed by atoms with E-state index in [1.54, 1.807) is 14.1 Å². The highest BCUT2D eigenvalue weighted by Gasteiger charge is 2.15. The van der Waals surface area contributed by atoms with E-state index in [1.165, 1.54) is 0 Å². The Kier molecular flexibility index (Phi) is 7.68. The lowest BCUT2D eigenvalue weighted by molar-refractivity contribution is -0.120. The first kappa shape index (κ1) is 14.6. The van der Waals surface area contributed by atoms with Crippen LogP contribution in [0.25, 0.3) is 0 Å². The fraction of sp³-hybridized carbons (Fsp3) is 0.778. The maximum absolute atomic E-state index is 11.1. The molecule has 0 bridgehead atoms. The largest absolute Gasteiger partial charge is 0.358 e. The molecule has 2 N–H and O–H groups in total. The van der Waals surface area contributed by atoms with Gasteiger partial charge in [-0.25, -0.2) is 0 Å². The van der Waals surface area contributed by atoms with Crippen molar-refractivity contribution in [2.45, 2.75) is 29.8 Å². The summed E-state index contributed by atoms with van der Waals surface area (Å²) in [6.07, 6.45) is 2.05. The Balaban J connectivity index is 3.70. The Hall–Kier alpha value is -0.360. The zero-order valence-electron chi connectivity index (χ0n) is 8.99. The van der Waals surface area contributed by atoms with E-state index in [2.05, 4.69) is 35.9 Å². The molecule has 0 rings (SSSR count). The zero-order valence-corrected chi connectivity index (χ0v) is 10.8. The van der Waals surface area contributed by atoms with Crippen LogP contribution in [0.15, 0.2) is 0 Å². The molecule has 0 aliphatic heterocycles. The Labute approximate surface area is 101 Å². The first-order chi connectivity index (χ1) is 7.02. The number of amides is 2. The number of rotatable bonds is 6. The molecule has 0 spiro atoms. The molecule has 0 radical (unpaired) electrons. The van der Waals surface area contributed by atoms with Crippen molar-refractivity contribution in [2.24, 2.45) is 0 Å². The van der Waals surface area contributed by atoms with Crippen LogP contribution in [0.4, 0.5) is 0 Å². The van der Waals surface area contributed by atoms with Gasteiger partial charge in [0.1, 0.15) is 0 Å². The van der Waals surface area contributed by atoms with Gasteiger partial charge in [-0.3, -0.25) is 9.59 Å². The molecule has 0 aromatic rings. The highest BCUT2D eigenvalue weighted by Crippen LogP contribution is 2.12. The molecular formula is C9H18N2O2S2. The fourth-order valence-corrected chi connectivity index (χ4v) is 1.72. The van der Waals surface area contributed by atoms with Gasteiger partial charge in [0.15, 0.2) is 0 Å². The van der Waals surface area contributed by atoms with Gasteiger partial charge in [0, 0.05) is 14.1 Å². The molecule has 15 heavy (non-hydrogen) atoms. The monoisotopic (exact) mass is 250 g/mol. The van der Waals surface area contributed by atoms with Gasteiger partial charge >= 0.3 is 0 Å². The van der Waals surface area contributed by atoms with Gasteiger partial charge in [0.05, 0.1) is 10.5 Å². The molecule has 0 aromatic carbocycles. The number of thiol groups is 2. The number of carbonyl (C=O) groups excluding carboxylic acids is 2. The molecule has 0 saturated carbocycles. The van der Waals surface area contributed by atoms with Crippen LogP contribution in [-0.4, -0.2) is 36.4 Å². The summed E-state index contributed by atoms with van der Waals surface area (Å²) < 4.78 is 0. The molecule has 0 heterocycles. The summed E-state index contributed by atoms with van der Waals surface area (Å²) in [4.78, 5) is 22.2. The lowest BCUT2D eigenvalue weighted by Gasteiger charge is -2.11. The van der Waals surface area contributed by atoms with E-state index in [1.807, 2.05) is 0 Å². The standard InChI is InChI=1S/C9H18N2O2S2/c1-10-8(12)6(14)4-3-5-7(15)9(13)11-2/h6-7,14-15H,3-5H2,1-2H3,(H,10,12)(H,11,13). The second-order valence-corrected chi connectivity index (χ2v) is 4.44. The summed E-state index contributed by atoms with van der Waals surface area (Å²) in [5.74, 6) is -0.178. The van der Waals surface area contributed by atoms with E-state index in [9.17, 15) is 9.59 Å². The van der Waals surface area contributed by atoms with Crippen LogP contribution >= 0.6 is 25.3 Å². The lowest BCUT2D eigenvalue weighted by atomic mass is 10.1. The minimum absolute atomic E-state index is 0.0889. The number of nitrogens with one attached hydrogen (secondary N) is 2. The van der Waals surface area contributed by atoms with E-state index < -0.39 is 0 Å². The molecule has 6 heteroatoms. The van der Waals surface area contributed by atoms with Crippen LogP contribution in [0.3, 0.4) is 0 Å². The van der Waals surface area contributed by atoms with E-state index >= 15 is 0 Å². The molecule has 0 saturated heterocycles. The van der Waals surface area contributed by atoms with Gasteiger partial charge in [0.25, 0.3) is 0 Å². The fourth-order valence-electron chi connectivity index (χ4n) is 1.10. The first-order valence-corrected chi connectivity index (χ1v) is 5.85. The molecule has 4 nitrogen and oxygen atoms in total. The van der Waals surface area contributed by atoms with Crippen LogP contribution in [-0.2, 0) is 9.59 Å². The maximum atomic E-state index is 11.1. The Morgan fingerprint density at radius 2 is 1.33 bits per heavy atom. The first-order valence-electron chi connectivity index (χ1n) is 4.82. The maximum Gasteiger partial charge on any atom is 0.232 e. The third kappa shape index (κ3) is 5.94. The summed E-state index contributed by atoms with van der Waals surface area (Å²) in [6, 6.07) is 0. The van der Waals surface area contributed by atoms with Crippen molar-refractivity contribution >= 4 is 37.1 Å². The van der Waals surface area contributed by atoms with E-state index in [-0.39, 0.29) is 22.3 Å². The highest BCUT2D eigenvalue weighted by molar-refractivity contribution is 7.82. The van der Waals surface area contributed by atoms with Gasteiger partial charge < -0.3 is 10.6 Å². The molecular weight excluding hydrogens is 232 g/mol. The Bertz CT molecular complexity index is 202. The topological polar surface area (TPSA) is 58.2 Å². The van der Waals surface area contributed by atoms with Crippen molar-refractivity contribution < 1.29 is 9.59 Å². The number of carbonyl (C=O) groups is 2. The van der Waals surface area contributed by atoms with Gasteiger partial charge in [-0.1, -0.05) is 6.42 Å². The van der Waals surface area contributed by atoms with Crippen LogP contribution in [0.5, 0.6) is 0 Å². The summed E-state index contributed by atoms with van der Waals surface area (Å²) in [5, 5.41) is 4.44. The van der Waals surface area contributed by atoms with Crippen molar-refractivity contribution in [1.82, 2.24) is 10.6 Å². The summed E-state index contributed by atoms with van der Waals surface area (Å²) in [7, 11) is 3.16. The lowest BCUT2D eigenvalue weighted by Crippen LogP contribution is -2.29. The highest BCUT2D eigenvalue weighted by atomic mass is 32.1. The van der Waals surface area contributed by atoms with Crippen molar-refractivity contribution in [2.75, 3.05) is 14.1 Å². The summed E-state index contributed by atoms with van der Waals surface area (Å²) in [5.41, 5.74) is 0. The molecule has 88 valence electrons. The van der Waals surface area contributed by atoms with Gasteiger partial charge in [0.2, 0.25) is 11.8 Å². The predicted molar refractivity (Wildman–Crippen MR) is 67.5 cm³/mol. The van der Waals surface area contributed by atoms with Crippen LogP contribution in [0.1, 0.15) is 19.3 Å². The van der Waals surface area contributed by atoms with Crippen LogP contribution in [0, 0.1) is 0 Å². The average molecular weight is 250 g/mol. The van der Waals surface area contributed by atoms with Crippen molar-refractivity contribution in [3.8, 4) is 0 Å². The van der Waals surface area contributed by atoms with E-state index in [0.29, 0.717) is 12.8 Å². The Morgan fingerprint density at radius 3 is 1.60 bits per heavy atom. The molecule has 2 atom stereocenters. The Morgan fingerprint density at radius 1 is 1.00 bits per heavy atom. The predicted octanol–water partition coefficient (Wildman–Crippen LogP) is 0.245. The zero-order chi connectivity index (χ0) is 11.8. The van der Waals surface area contributed by atoms with E-state index in [0.717, 1.165) is 6.42 Å². The average Bonchev–Trinajstić information content (AvgIpc) is 2.26. The SMILES string of the molecule is CNC(=O)C(S)CCCC(S)C(=O)NC. The second-order valence-electron chi connectivity index (χ2n) is 3.19.